The number of likely N-dealkylation sites (tertiary alicyclic amines) is 2. The highest BCUT2D eigenvalue weighted by molar-refractivity contribution is 5.75. The normalized spacial score (nSPS) is 35.6. The first-order valence-corrected chi connectivity index (χ1v) is 7.69. The molecular weight excluding hydrogens is 224 g/mol. The minimum absolute atomic E-state index is 0.322. The van der Waals surface area contributed by atoms with E-state index in [0.717, 1.165) is 49.9 Å². The lowest BCUT2D eigenvalue weighted by Crippen LogP contribution is -2.41. The summed E-state index contributed by atoms with van der Waals surface area (Å²) in [6.45, 7) is 8.72. The number of carbonyl (C=O) groups excluding carboxylic acids is 1. The third kappa shape index (κ3) is 2.12. The van der Waals surface area contributed by atoms with Crippen LogP contribution in [0.2, 0.25) is 0 Å². The maximum atomic E-state index is 12.3. The van der Waals surface area contributed by atoms with Crippen molar-refractivity contribution in [2.45, 2.75) is 39.5 Å². The molecule has 1 unspecified atom stereocenters. The predicted octanol–water partition coefficient (Wildman–Crippen LogP) is 2.82. The highest BCUT2D eigenvalue weighted by Crippen LogP contribution is 2.44. The second-order valence-corrected chi connectivity index (χ2v) is 6.88. The maximum Gasteiger partial charge on any atom is 0.320 e. The number of nitrogens with zero attached hydrogens (tertiary/aromatic N) is 2. The van der Waals surface area contributed by atoms with Gasteiger partial charge in [-0.15, -0.1) is 0 Å². The average molecular weight is 250 g/mol. The molecule has 2 heterocycles. The number of fused-ring (bicyclic) bond motifs is 1. The molecule has 2 amide bonds. The Morgan fingerprint density at radius 1 is 1.00 bits per heavy atom. The minimum atomic E-state index is 0.322. The largest absolute Gasteiger partial charge is 0.325 e. The van der Waals surface area contributed by atoms with Crippen molar-refractivity contribution >= 4 is 6.03 Å². The summed E-state index contributed by atoms with van der Waals surface area (Å²) >= 11 is 0. The quantitative estimate of drug-likeness (QED) is 0.702. The van der Waals surface area contributed by atoms with Gasteiger partial charge in [0.1, 0.15) is 0 Å². The summed E-state index contributed by atoms with van der Waals surface area (Å²) in [5.74, 6) is 3.32. The van der Waals surface area contributed by atoms with E-state index in [0.29, 0.717) is 6.03 Å². The van der Waals surface area contributed by atoms with Crippen molar-refractivity contribution in [2.24, 2.45) is 23.7 Å². The monoisotopic (exact) mass is 250 g/mol. The lowest BCUT2D eigenvalue weighted by molar-refractivity contribution is 0.167. The Hall–Kier alpha value is -0.730. The van der Waals surface area contributed by atoms with Crippen LogP contribution in [0.25, 0.3) is 0 Å². The Bertz CT molecular complexity index is 308. The third-order valence-electron chi connectivity index (χ3n) is 5.38. The molecule has 0 N–H and O–H groups in total. The van der Waals surface area contributed by atoms with Crippen molar-refractivity contribution in [1.82, 2.24) is 9.80 Å². The molecule has 18 heavy (non-hydrogen) atoms. The summed E-state index contributed by atoms with van der Waals surface area (Å²) in [5, 5.41) is 0. The van der Waals surface area contributed by atoms with E-state index in [1.165, 1.54) is 25.7 Å². The Labute approximate surface area is 111 Å². The molecule has 3 nitrogen and oxygen atoms in total. The maximum absolute atomic E-state index is 12.3. The molecule has 1 aliphatic carbocycles. The lowest BCUT2D eigenvalue weighted by Gasteiger charge is -2.25. The van der Waals surface area contributed by atoms with Gasteiger partial charge in [0.25, 0.3) is 0 Å². The molecule has 1 saturated carbocycles. The fourth-order valence-electron chi connectivity index (χ4n) is 4.16. The van der Waals surface area contributed by atoms with Gasteiger partial charge >= 0.3 is 6.03 Å². The first-order valence-electron chi connectivity index (χ1n) is 7.69. The van der Waals surface area contributed by atoms with Crippen LogP contribution in [-0.2, 0) is 0 Å². The SMILES string of the molecule is CC(C)C1C[C@@H]2CN(C(=O)N3CCCC3)C[C@@H]2C1. The number of hydrogen-bond donors (Lipinski definition) is 0. The zero-order valence-electron chi connectivity index (χ0n) is 11.8. The minimum Gasteiger partial charge on any atom is -0.325 e. The lowest BCUT2D eigenvalue weighted by atomic mass is 9.93. The molecule has 102 valence electrons. The van der Waals surface area contributed by atoms with Crippen LogP contribution < -0.4 is 0 Å². The van der Waals surface area contributed by atoms with Crippen LogP contribution in [0.5, 0.6) is 0 Å². The second kappa shape index (κ2) is 4.75. The van der Waals surface area contributed by atoms with Gasteiger partial charge in [0.2, 0.25) is 0 Å². The van der Waals surface area contributed by atoms with Crippen LogP contribution in [0.3, 0.4) is 0 Å². The molecule has 0 aromatic carbocycles. The van der Waals surface area contributed by atoms with E-state index < -0.39 is 0 Å². The van der Waals surface area contributed by atoms with Gasteiger partial charge in [-0.1, -0.05) is 13.8 Å². The van der Waals surface area contributed by atoms with Crippen LogP contribution in [-0.4, -0.2) is 42.0 Å². The summed E-state index contributed by atoms with van der Waals surface area (Å²) < 4.78 is 0. The zero-order valence-corrected chi connectivity index (χ0v) is 11.8. The van der Waals surface area contributed by atoms with Crippen molar-refractivity contribution in [1.29, 1.82) is 0 Å². The molecule has 2 saturated heterocycles. The Morgan fingerprint density at radius 2 is 1.56 bits per heavy atom. The topological polar surface area (TPSA) is 23.6 Å². The van der Waals surface area contributed by atoms with Crippen molar-refractivity contribution in [2.75, 3.05) is 26.2 Å². The van der Waals surface area contributed by atoms with Gasteiger partial charge < -0.3 is 9.80 Å². The highest BCUT2D eigenvalue weighted by atomic mass is 16.2. The summed E-state index contributed by atoms with van der Waals surface area (Å²) in [5.41, 5.74) is 0. The highest BCUT2D eigenvalue weighted by Gasteiger charge is 2.43. The van der Waals surface area contributed by atoms with Crippen molar-refractivity contribution in [3.8, 4) is 0 Å². The summed E-state index contributed by atoms with van der Waals surface area (Å²) in [4.78, 5) is 16.5. The van der Waals surface area contributed by atoms with E-state index in [9.17, 15) is 4.79 Å². The first-order chi connectivity index (χ1) is 8.65. The molecule has 3 rings (SSSR count). The van der Waals surface area contributed by atoms with Crippen molar-refractivity contribution < 1.29 is 4.79 Å². The summed E-state index contributed by atoms with van der Waals surface area (Å²) in [6.07, 6.45) is 5.10. The number of rotatable bonds is 1. The number of amides is 2. The third-order valence-corrected chi connectivity index (χ3v) is 5.38. The molecule has 0 aromatic heterocycles. The van der Waals surface area contributed by atoms with E-state index in [1.54, 1.807) is 0 Å². The fraction of sp³-hybridized carbons (Fsp3) is 0.933. The molecule has 3 aliphatic rings. The number of hydrogen-bond acceptors (Lipinski definition) is 1. The Balaban J connectivity index is 1.56. The number of urea groups is 1. The second-order valence-electron chi connectivity index (χ2n) is 6.88. The summed E-state index contributed by atoms with van der Waals surface area (Å²) in [6, 6.07) is 0.322. The molecular formula is C15H26N2O. The average Bonchev–Trinajstić information content (AvgIpc) is 3.03. The van der Waals surface area contributed by atoms with Crippen LogP contribution in [0.4, 0.5) is 4.79 Å². The van der Waals surface area contributed by atoms with Gasteiger partial charge in [0.15, 0.2) is 0 Å². The van der Waals surface area contributed by atoms with Crippen molar-refractivity contribution in [3.05, 3.63) is 0 Å². The molecule has 3 heteroatoms. The van der Waals surface area contributed by atoms with Gasteiger partial charge in [0, 0.05) is 26.2 Å². The zero-order chi connectivity index (χ0) is 12.7. The molecule has 0 radical (unpaired) electrons. The number of carbonyl (C=O) groups is 1. The molecule has 2 aliphatic heterocycles. The van der Waals surface area contributed by atoms with E-state index in [-0.39, 0.29) is 0 Å². The van der Waals surface area contributed by atoms with Crippen LogP contribution in [0.15, 0.2) is 0 Å². The van der Waals surface area contributed by atoms with Crippen LogP contribution in [0, 0.1) is 23.7 Å². The van der Waals surface area contributed by atoms with E-state index in [2.05, 4.69) is 23.6 Å². The van der Waals surface area contributed by atoms with Crippen molar-refractivity contribution in [3.63, 3.8) is 0 Å². The molecule has 0 spiro atoms. The van der Waals surface area contributed by atoms with Crippen LogP contribution in [0.1, 0.15) is 39.5 Å². The van der Waals surface area contributed by atoms with Gasteiger partial charge in [0.05, 0.1) is 0 Å². The Morgan fingerprint density at radius 3 is 2.06 bits per heavy atom. The fourth-order valence-corrected chi connectivity index (χ4v) is 4.16. The van der Waals surface area contributed by atoms with Crippen LogP contribution >= 0.6 is 0 Å². The van der Waals surface area contributed by atoms with Gasteiger partial charge in [-0.05, 0) is 49.4 Å². The molecule has 3 atom stereocenters. The smallest absolute Gasteiger partial charge is 0.320 e. The van der Waals surface area contributed by atoms with E-state index in [1.807, 2.05) is 0 Å². The summed E-state index contributed by atoms with van der Waals surface area (Å²) in [7, 11) is 0. The standard InChI is InChI=1S/C15H26N2O/c1-11(2)12-7-13-9-17(10-14(13)8-12)15(18)16-5-3-4-6-16/h11-14H,3-10H2,1-2H3/t12?,13-,14+. The van der Waals surface area contributed by atoms with E-state index in [4.69, 9.17) is 0 Å². The molecule has 3 fully saturated rings. The van der Waals surface area contributed by atoms with Gasteiger partial charge in [-0.3, -0.25) is 0 Å². The molecule has 0 bridgehead atoms. The Kier molecular flexibility index (Phi) is 3.25. The van der Waals surface area contributed by atoms with Gasteiger partial charge in [-0.2, -0.15) is 0 Å². The first kappa shape index (κ1) is 12.3. The molecule has 0 aromatic rings. The van der Waals surface area contributed by atoms with E-state index >= 15 is 0 Å². The predicted molar refractivity (Wildman–Crippen MR) is 72.3 cm³/mol. The van der Waals surface area contributed by atoms with Gasteiger partial charge in [-0.25, -0.2) is 4.79 Å².